The van der Waals surface area contributed by atoms with Crippen LogP contribution in [0.3, 0.4) is 0 Å². The van der Waals surface area contributed by atoms with Gasteiger partial charge in [-0.25, -0.2) is 13.1 Å². The molecular weight excluding hydrogens is 266 g/mol. The van der Waals surface area contributed by atoms with Crippen LogP contribution < -0.4 is 9.46 Å². The van der Waals surface area contributed by atoms with E-state index in [1.54, 1.807) is 6.07 Å². The minimum Gasteiger partial charge on any atom is -0.495 e. The highest BCUT2D eigenvalue weighted by Crippen LogP contribution is 2.44. The summed E-state index contributed by atoms with van der Waals surface area (Å²) in [4.78, 5) is 0.108. The summed E-state index contributed by atoms with van der Waals surface area (Å²) in [6, 6.07) is 4.57. The monoisotopic (exact) mass is 285 g/mol. The lowest BCUT2D eigenvalue weighted by atomic mass is 10.2. The van der Waals surface area contributed by atoms with Crippen LogP contribution in [0.2, 0.25) is 0 Å². The summed E-state index contributed by atoms with van der Waals surface area (Å²) in [6.45, 7) is 2.35. The molecule has 0 spiro atoms. The Kier molecular flexibility index (Phi) is 3.85. The van der Waals surface area contributed by atoms with E-state index in [4.69, 9.17) is 9.84 Å². The quantitative estimate of drug-likeness (QED) is 0.825. The Morgan fingerprint density at radius 3 is 2.63 bits per heavy atom. The van der Waals surface area contributed by atoms with Gasteiger partial charge in [-0.05, 0) is 36.0 Å². The van der Waals surface area contributed by atoms with E-state index in [9.17, 15) is 8.42 Å². The van der Waals surface area contributed by atoms with Crippen molar-refractivity contribution in [2.45, 2.75) is 31.3 Å². The summed E-state index contributed by atoms with van der Waals surface area (Å²) in [6.07, 6.45) is 2.10. The minimum absolute atomic E-state index is 0.103. The fourth-order valence-corrected chi connectivity index (χ4v) is 3.12. The van der Waals surface area contributed by atoms with Gasteiger partial charge in [0.05, 0.1) is 13.7 Å². The second-order valence-corrected chi connectivity index (χ2v) is 7.01. The van der Waals surface area contributed by atoms with Crippen LogP contribution in [0.15, 0.2) is 23.1 Å². The molecule has 1 fully saturated rings. The first kappa shape index (κ1) is 14.3. The van der Waals surface area contributed by atoms with Gasteiger partial charge in [0.2, 0.25) is 10.0 Å². The van der Waals surface area contributed by atoms with Gasteiger partial charge in [-0.3, -0.25) is 0 Å². The molecule has 1 saturated carbocycles. The summed E-state index contributed by atoms with van der Waals surface area (Å²) in [5.41, 5.74) is 0.718. The molecule has 0 atom stereocenters. The number of hydrogen-bond acceptors (Lipinski definition) is 4. The molecule has 106 valence electrons. The van der Waals surface area contributed by atoms with E-state index >= 15 is 0 Å². The van der Waals surface area contributed by atoms with Gasteiger partial charge in [0, 0.05) is 6.54 Å². The van der Waals surface area contributed by atoms with Crippen LogP contribution in [0.1, 0.15) is 25.3 Å². The summed E-state index contributed by atoms with van der Waals surface area (Å²) < 4.78 is 32.2. The molecule has 0 unspecified atom stereocenters. The van der Waals surface area contributed by atoms with Gasteiger partial charge in [-0.1, -0.05) is 13.0 Å². The first-order valence-electron chi connectivity index (χ1n) is 6.18. The fraction of sp³-hybridized carbons (Fsp3) is 0.538. The number of aliphatic hydroxyl groups excluding tert-OH is 1. The Hall–Kier alpha value is -1.11. The normalized spacial score (nSPS) is 17.2. The largest absolute Gasteiger partial charge is 0.495 e. The van der Waals surface area contributed by atoms with Crippen LogP contribution in [0.25, 0.3) is 0 Å². The molecule has 0 saturated heterocycles. The molecule has 19 heavy (non-hydrogen) atoms. The lowest BCUT2D eigenvalue weighted by Gasteiger charge is -2.14. The molecule has 2 N–H and O–H groups in total. The molecule has 0 bridgehead atoms. The number of aliphatic hydroxyl groups is 1. The van der Waals surface area contributed by atoms with E-state index in [1.165, 1.54) is 19.2 Å². The molecule has 0 amide bonds. The van der Waals surface area contributed by atoms with Crippen LogP contribution in [-0.2, 0) is 16.6 Å². The zero-order valence-electron chi connectivity index (χ0n) is 11.1. The van der Waals surface area contributed by atoms with Crippen molar-refractivity contribution in [2.75, 3.05) is 13.7 Å². The predicted octanol–water partition coefficient (Wildman–Crippen LogP) is 1.27. The second kappa shape index (κ2) is 5.11. The van der Waals surface area contributed by atoms with Crippen molar-refractivity contribution in [3.8, 4) is 5.75 Å². The van der Waals surface area contributed by atoms with Crippen molar-refractivity contribution in [1.82, 2.24) is 4.72 Å². The predicted molar refractivity (Wildman–Crippen MR) is 71.4 cm³/mol. The van der Waals surface area contributed by atoms with E-state index in [-0.39, 0.29) is 22.7 Å². The molecule has 0 aliphatic heterocycles. The molecule has 0 aromatic heterocycles. The highest BCUT2D eigenvalue weighted by Gasteiger charge is 2.38. The third-order valence-corrected chi connectivity index (χ3v) is 4.93. The van der Waals surface area contributed by atoms with Gasteiger partial charge >= 0.3 is 0 Å². The molecule has 0 radical (unpaired) electrons. The third kappa shape index (κ3) is 3.26. The number of hydrogen-bond donors (Lipinski definition) is 2. The lowest BCUT2D eigenvalue weighted by Crippen LogP contribution is -2.29. The average molecular weight is 285 g/mol. The summed E-state index contributed by atoms with van der Waals surface area (Å²) in [5.74, 6) is 0.250. The van der Waals surface area contributed by atoms with Crippen molar-refractivity contribution < 1.29 is 18.3 Å². The van der Waals surface area contributed by atoms with Crippen molar-refractivity contribution >= 4 is 10.0 Å². The number of sulfonamides is 1. The summed E-state index contributed by atoms with van der Waals surface area (Å²) >= 11 is 0. The molecule has 6 heteroatoms. The smallest absolute Gasteiger partial charge is 0.244 e. The molecule has 1 aliphatic carbocycles. The molecule has 1 aromatic carbocycles. The summed E-state index contributed by atoms with van der Waals surface area (Å²) in [7, 11) is -2.16. The molecular formula is C13H19NO4S. The zero-order valence-corrected chi connectivity index (χ0v) is 12.0. The maximum Gasteiger partial charge on any atom is 0.244 e. The van der Waals surface area contributed by atoms with E-state index in [2.05, 4.69) is 11.6 Å². The molecule has 2 rings (SSSR count). The number of benzene rings is 1. The Balaban J connectivity index is 2.23. The number of nitrogens with one attached hydrogen (secondary N) is 1. The van der Waals surface area contributed by atoms with Crippen molar-refractivity contribution in [1.29, 1.82) is 0 Å². The van der Waals surface area contributed by atoms with Crippen molar-refractivity contribution in [2.24, 2.45) is 5.41 Å². The van der Waals surface area contributed by atoms with Gasteiger partial charge < -0.3 is 9.84 Å². The highest BCUT2D eigenvalue weighted by atomic mass is 32.2. The zero-order chi connectivity index (χ0) is 14.1. The Bertz CT molecular complexity index is 564. The molecule has 1 aliphatic rings. The third-order valence-electron chi connectivity index (χ3n) is 3.49. The van der Waals surface area contributed by atoms with Crippen LogP contribution in [-0.4, -0.2) is 27.2 Å². The minimum atomic E-state index is -3.58. The van der Waals surface area contributed by atoms with Crippen molar-refractivity contribution in [3.05, 3.63) is 23.8 Å². The maximum atomic E-state index is 12.2. The van der Waals surface area contributed by atoms with Gasteiger partial charge in [0.1, 0.15) is 10.6 Å². The summed E-state index contributed by atoms with van der Waals surface area (Å²) in [5, 5.41) is 9.05. The van der Waals surface area contributed by atoms with Gasteiger partial charge in [-0.15, -0.1) is 0 Å². The number of rotatable bonds is 6. The van der Waals surface area contributed by atoms with E-state index in [0.29, 0.717) is 12.1 Å². The first-order valence-corrected chi connectivity index (χ1v) is 7.66. The van der Waals surface area contributed by atoms with Crippen LogP contribution >= 0.6 is 0 Å². The molecule has 0 heterocycles. The number of methoxy groups -OCH3 is 1. The van der Waals surface area contributed by atoms with Crippen LogP contribution in [0, 0.1) is 5.41 Å². The van der Waals surface area contributed by atoms with E-state index < -0.39 is 10.0 Å². The number of ether oxygens (including phenoxy) is 1. The molecule has 1 aromatic rings. The SMILES string of the molecule is COc1cc(CO)ccc1S(=O)(=O)NCC1(C)CC1. The van der Waals surface area contributed by atoms with E-state index in [1.807, 2.05) is 0 Å². The van der Waals surface area contributed by atoms with Gasteiger partial charge in [-0.2, -0.15) is 0 Å². The highest BCUT2D eigenvalue weighted by molar-refractivity contribution is 7.89. The standard InChI is InChI=1S/C13H19NO4S/c1-13(5-6-13)9-14-19(16,17)12-4-3-10(8-15)7-11(12)18-2/h3-4,7,14-15H,5-6,8-9H2,1-2H3. The van der Waals surface area contributed by atoms with Crippen LogP contribution in [0.4, 0.5) is 0 Å². The van der Waals surface area contributed by atoms with E-state index in [0.717, 1.165) is 12.8 Å². The first-order chi connectivity index (χ1) is 8.90. The van der Waals surface area contributed by atoms with Crippen molar-refractivity contribution in [3.63, 3.8) is 0 Å². The second-order valence-electron chi connectivity index (χ2n) is 5.28. The Labute approximate surface area is 113 Å². The lowest BCUT2D eigenvalue weighted by molar-refractivity contribution is 0.280. The topological polar surface area (TPSA) is 75.6 Å². The van der Waals surface area contributed by atoms with Gasteiger partial charge in [0.15, 0.2) is 0 Å². The van der Waals surface area contributed by atoms with Gasteiger partial charge in [0.25, 0.3) is 0 Å². The average Bonchev–Trinajstić information content (AvgIpc) is 3.14. The Morgan fingerprint density at radius 2 is 2.11 bits per heavy atom. The molecule has 5 nitrogen and oxygen atoms in total. The fourth-order valence-electron chi connectivity index (χ4n) is 1.77. The Morgan fingerprint density at radius 1 is 1.42 bits per heavy atom. The van der Waals surface area contributed by atoms with Crippen LogP contribution in [0.5, 0.6) is 5.75 Å². The maximum absolute atomic E-state index is 12.2.